The number of amides is 2. The van der Waals surface area contributed by atoms with Crippen LogP contribution in [-0.2, 0) is 24.4 Å². The molecule has 11 heteroatoms. The first-order valence-electron chi connectivity index (χ1n) is 8.20. The van der Waals surface area contributed by atoms with Gasteiger partial charge in [0.15, 0.2) is 5.78 Å². The number of nitrogens with two attached hydrogens (primary N) is 1. The van der Waals surface area contributed by atoms with Gasteiger partial charge in [-0.05, 0) is 18.8 Å². The molecule has 1 aliphatic rings. The predicted molar refractivity (Wildman–Crippen MR) is 94.6 cm³/mol. The number of nitrogens with one attached hydrogen (secondary N) is 1. The van der Waals surface area contributed by atoms with Gasteiger partial charge in [-0.3, -0.25) is 14.4 Å². The highest BCUT2D eigenvalue weighted by Gasteiger charge is 2.34. The van der Waals surface area contributed by atoms with Gasteiger partial charge in [0.25, 0.3) is 10.0 Å². The van der Waals surface area contributed by atoms with E-state index in [0.29, 0.717) is 12.8 Å². The van der Waals surface area contributed by atoms with Crippen molar-refractivity contribution in [2.45, 2.75) is 43.0 Å². The summed E-state index contributed by atoms with van der Waals surface area (Å²) >= 11 is 0.995. The summed E-state index contributed by atoms with van der Waals surface area (Å²) in [5, 5.41) is 4.20. The summed E-state index contributed by atoms with van der Waals surface area (Å²) in [6.07, 6.45) is 2.37. The average molecular weight is 402 g/mol. The van der Waals surface area contributed by atoms with E-state index in [4.69, 9.17) is 5.73 Å². The average Bonchev–Trinajstić information content (AvgIpc) is 3.00. The predicted octanol–water partition coefficient (Wildman–Crippen LogP) is -0.117. The maximum absolute atomic E-state index is 12.5. The number of aromatic nitrogens is 1. The van der Waals surface area contributed by atoms with Gasteiger partial charge < -0.3 is 11.1 Å². The maximum Gasteiger partial charge on any atom is 0.270 e. The van der Waals surface area contributed by atoms with Crippen LogP contribution in [0.4, 0.5) is 0 Å². The Kier molecular flexibility index (Phi) is 6.84. The third kappa shape index (κ3) is 5.32. The zero-order valence-electron chi connectivity index (χ0n) is 14.4. The number of carbonyl (C=O) groups is 3. The topological polar surface area (TPSA) is 140 Å². The molecule has 1 fully saturated rings. The van der Waals surface area contributed by atoms with Gasteiger partial charge in [-0.15, -0.1) is 11.3 Å². The molecule has 0 spiro atoms. The number of ketones is 1. The normalized spacial score (nSPS) is 20.3. The summed E-state index contributed by atoms with van der Waals surface area (Å²) in [6.45, 7) is 1.61. The van der Waals surface area contributed by atoms with E-state index in [1.807, 2.05) is 0 Å². The van der Waals surface area contributed by atoms with Gasteiger partial charge in [-0.1, -0.05) is 6.92 Å². The maximum atomic E-state index is 12.5. The molecule has 2 heterocycles. The second kappa shape index (κ2) is 8.69. The lowest BCUT2D eigenvalue weighted by Crippen LogP contribution is -2.44. The summed E-state index contributed by atoms with van der Waals surface area (Å²) in [6, 6.07) is -0.736. The van der Waals surface area contributed by atoms with Crippen molar-refractivity contribution < 1.29 is 22.8 Å². The monoisotopic (exact) mass is 402 g/mol. The Morgan fingerprint density at radius 2 is 2.19 bits per heavy atom. The molecule has 26 heavy (non-hydrogen) atoms. The Bertz CT molecular complexity index is 763. The molecule has 0 radical (unpaired) electrons. The van der Waals surface area contributed by atoms with Crippen LogP contribution in [-0.4, -0.2) is 54.4 Å². The van der Waals surface area contributed by atoms with Crippen molar-refractivity contribution in [2.24, 2.45) is 11.7 Å². The highest BCUT2D eigenvalue weighted by Crippen LogP contribution is 2.21. The molecule has 0 saturated carbocycles. The molecule has 1 aromatic rings. The van der Waals surface area contributed by atoms with Crippen LogP contribution >= 0.6 is 11.3 Å². The number of hydrogen-bond donors (Lipinski definition) is 2. The smallest absolute Gasteiger partial charge is 0.270 e. The molecule has 3 N–H and O–H groups in total. The molecule has 0 bridgehead atoms. The van der Waals surface area contributed by atoms with Crippen LogP contribution in [0.25, 0.3) is 0 Å². The largest absolute Gasteiger partial charge is 0.370 e. The molecule has 1 unspecified atom stereocenters. The number of sulfonamides is 1. The Morgan fingerprint density at radius 1 is 1.46 bits per heavy atom. The molecule has 2 amide bonds. The van der Waals surface area contributed by atoms with Crippen molar-refractivity contribution in [3.63, 3.8) is 0 Å². The highest BCUT2D eigenvalue weighted by molar-refractivity contribution is 7.91. The fourth-order valence-corrected chi connectivity index (χ4v) is 5.20. The summed E-state index contributed by atoms with van der Waals surface area (Å²) in [7, 11) is -3.80. The first-order chi connectivity index (χ1) is 12.2. The van der Waals surface area contributed by atoms with E-state index in [1.54, 1.807) is 12.3 Å². The lowest BCUT2D eigenvalue weighted by molar-refractivity contribution is -0.128. The first-order valence-corrected chi connectivity index (χ1v) is 10.5. The number of carbonyl (C=O) groups excluding carboxylic acids is 3. The van der Waals surface area contributed by atoms with E-state index >= 15 is 0 Å². The summed E-state index contributed by atoms with van der Waals surface area (Å²) < 4.78 is 26.1. The van der Waals surface area contributed by atoms with Gasteiger partial charge in [0.1, 0.15) is 0 Å². The fourth-order valence-electron chi connectivity index (χ4n) is 2.79. The molecule has 1 aliphatic heterocycles. The molecule has 144 valence electrons. The Hall–Kier alpha value is -1.85. The number of thiazole rings is 1. The zero-order valence-corrected chi connectivity index (χ0v) is 16.0. The third-order valence-electron chi connectivity index (χ3n) is 4.01. The van der Waals surface area contributed by atoms with Gasteiger partial charge in [0, 0.05) is 31.0 Å². The molecular weight excluding hydrogens is 380 g/mol. The SMILES string of the molecule is C[C@@H](CC(N)=O)CC(=O)NC1CCCN(S(=O)(=O)c2nccs2)CC1=O. The minimum Gasteiger partial charge on any atom is -0.370 e. The van der Waals surface area contributed by atoms with Crippen LogP contribution < -0.4 is 11.1 Å². The number of primary amides is 1. The van der Waals surface area contributed by atoms with E-state index in [0.717, 1.165) is 15.6 Å². The minimum atomic E-state index is -3.80. The third-order valence-corrected chi connectivity index (χ3v) is 7.03. The minimum absolute atomic E-state index is 0.0481. The molecular formula is C15H22N4O5S2. The number of nitrogens with zero attached hydrogens (tertiary/aromatic N) is 2. The lowest BCUT2D eigenvalue weighted by atomic mass is 10.0. The summed E-state index contributed by atoms with van der Waals surface area (Å²) in [4.78, 5) is 39.2. The van der Waals surface area contributed by atoms with Crippen LogP contribution in [0, 0.1) is 5.92 Å². The molecule has 1 aromatic heterocycles. The zero-order chi connectivity index (χ0) is 19.3. The summed E-state index contributed by atoms with van der Waals surface area (Å²) in [5.74, 6) is -1.43. The fraction of sp³-hybridized carbons (Fsp3) is 0.600. The quantitative estimate of drug-likeness (QED) is 0.652. The van der Waals surface area contributed by atoms with Gasteiger partial charge >= 0.3 is 0 Å². The van der Waals surface area contributed by atoms with Crippen molar-refractivity contribution in [2.75, 3.05) is 13.1 Å². The van der Waals surface area contributed by atoms with Crippen molar-refractivity contribution in [1.29, 1.82) is 0 Å². The van der Waals surface area contributed by atoms with E-state index in [1.165, 1.54) is 6.20 Å². The van der Waals surface area contributed by atoms with Crippen molar-refractivity contribution in [3.8, 4) is 0 Å². The summed E-state index contributed by atoms with van der Waals surface area (Å²) in [5.41, 5.74) is 5.10. The van der Waals surface area contributed by atoms with Crippen molar-refractivity contribution in [3.05, 3.63) is 11.6 Å². The van der Waals surface area contributed by atoms with Crippen molar-refractivity contribution >= 4 is 39.0 Å². The highest BCUT2D eigenvalue weighted by atomic mass is 32.2. The van der Waals surface area contributed by atoms with E-state index in [-0.39, 0.29) is 47.9 Å². The van der Waals surface area contributed by atoms with Crippen LogP contribution in [0.1, 0.15) is 32.6 Å². The Morgan fingerprint density at radius 3 is 2.81 bits per heavy atom. The van der Waals surface area contributed by atoms with Crippen LogP contribution in [0.15, 0.2) is 15.9 Å². The number of hydrogen-bond acceptors (Lipinski definition) is 7. The van der Waals surface area contributed by atoms with Crippen LogP contribution in [0.5, 0.6) is 0 Å². The molecule has 1 saturated heterocycles. The molecule has 2 rings (SSSR count). The number of rotatable bonds is 7. The molecule has 9 nitrogen and oxygen atoms in total. The van der Waals surface area contributed by atoms with E-state index in [9.17, 15) is 22.8 Å². The molecule has 0 aliphatic carbocycles. The van der Waals surface area contributed by atoms with Gasteiger partial charge in [0.2, 0.25) is 16.2 Å². The Balaban J connectivity index is 1.97. The lowest BCUT2D eigenvalue weighted by Gasteiger charge is -2.18. The van der Waals surface area contributed by atoms with Gasteiger partial charge in [-0.2, -0.15) is 4.31 Å². The van der Waals surface area contributed by atoms with E-state index < -0.39 is 22.0 Å². The van der Waals surface area contributed by atoms with E-state index in [2.05, 4.69) is 10.3 Å². The van der Waals surface area contributed by atoms with Crippen LogP contribution in [0.2, 0.25) is 0 Å². The Labute approximate surface area is 156 Å². The second-order valence-electron chi connectivity index (χ2n) is 6.34. The molecule has 2 atom stereocenters. The first kappa shape index (κ1) is 20.5. The number of Topliss-reactive ketones (excluding diaryl/α,β-unsaturated/α-hetero) is 1. The van der Waals surface area contributed by atoms with Crippen molar-refractivity contribution in [1.82, 2.24) is 14.6 Å². The van der Waals surface area contributed by atoms with Crippen LogP contribution in [0.3, 0.4) is 0 Å². The molecule has 0 aromatic carbocycles. The standard InChI is InChI=1S/C15H22N4O5S2/c1-10(7-13(16)21)8-14(22)18-11-3-2-5-19(9-12(11)20)26(23,24)15-17-4-6-25-15/h4,6,10-11H,2-3,5,7-9H2,1H3,(H2,16,21)(H,18,22)/t10-,11?/m0/s1. The van der Waals surface area contributed by atoms with Gasteiger partial charge in [0.05, 0.1) is 12.6 Å². The second-order valence-corrected chi connectivity index (χ2v) is 9.35. The van der Waals surface area contributed by atoms with Gasteiger partial charge in [-0.25, -0.2) is 13.4 Å².